The van der Waals surface area contributed by atoms with Gasteiger partial charge in [0, 0.05) is 28.2 Å². The molecule has 7 nitrogen and oxygen atoms in total. The van der Waals surface area contributed by atoms with Crippen molar-refractivity contribution in [2.45, 2.75) is 0 Å². The molecule has 0 saturated heterocycles. The fraction of sp³-hybridized carbons (Fsp3) is 0. The van der Waals surface area contributed by atoms with Gasteiger partial charge in [0.05, 0.1) is 4.92 Å². The molecule has 118 valence electrons. The summed E-state index contributed by atoms with van der Waals surface area (Å²) in [6.45, 7) is 0. The fourth-order valence-electron chi connectivity index (χ4n) is 2.71. The van der Waals surface area contributed by atoms with E-state index in [0.29, 0.717) is 16.7 Å². The highest BCUT2D eigenvalue weighted by atomic mass is 16.6. The Morgan fingerprint density at radius 2 is 1.96 bits per heavy atom. The molecule has 2 aromatic heterocycles. The first kappa shape index (κ1) is 14.0. The molecule has 2 aromatic carbocycles. The molecule has 4 aromatic rings. The molecule has 0 fully saturated rings. The molecule has 0 bridgehead atoms. The highest BCUT2D eigenvalue weighted by Gasteiger charge is 2.24. The standard InChI is InChI=1S/C17H11N3O4/c21-17-16(20(22)23)15(12-3-1-2-4-14(12)24-17)19-11-5-6-13-10(9-11)7-8-18-13/h1-9,18-19H. The van der Waals surface area contributed by atoms with Crippen LogP contribution in [0.2, 0.25) is 0 Å². The molecule has 0 unspecified atom stereocenters. The number of aromatic amines is 1. The van der Waals surface area contributed by atoms with Crippen LogP contribution >= 0.6 is 0 Å². The lowest BCUT2D eigenvalue weighted by atomic mass is 10.1. The van der Waals surface area contributed by atoms with Crippen molar-refractivity contribution in [2.75, 3.05) is 5.32 Å². The van der Waals surface area contributed by atoms with Gasteiger partial charge in [-0.15, -0.1) is 0 Å². The molecule has 0 aliphatic heterocycles. The zero-order chi connectivity index (χ0) is 16.7. The van der Waals surface area contributed by atoms with Crippen molar-refractivity contribution in [3.8, 4) is 0 Å². The summed E-state index contributed by atoms with van der Waals surface area (Å²) in [7, 11) is 0. The van der Waals surface area contributed by atoms with Crippen molar-refractivity contribution < 1.29 is 9.34 Å². The normalized spacial score (nSPS) is 11.0. The molecule has 0 aliphatic rings. The van der Waals surface area contributed by atoms with Gasteiger partial charge in [0.15, 0.2) is 0 Å². The molecule has 0 spiro atoms. The van der Waals surface area contributed by atoms with Crippen LogP contribution < -0.4 is 10.9 Å². The van der Waals surface area contributed by atoms with Crippen LogP contribution in [-0.4, -0.2) is 9.91 Å². The molecule has 0 amide bonds. The number of anilines is 2. The summed E-state index contributed by atoms with van der Waals surface area (Å²) in [5.74, 6) is 0. The zero-order valence-corrected chi connectivity index (χ0v) is 12.3. The summed E-state index contributed by atoms with van der Waals surface area (Å²) >= 11 is 0. The van der Waals surface area contributed by atoms with Crippen molar-refractivity contribution in [2.24, 2.45) is 0 Å². The smallest absolute Gasteiger partial charge is 0.417 e. The third kappa shape index (κ3) is 2.19. The number of hydrogen-bond donors (Lipinski definition) is 2. The minimum atomic E-state index is -0.982. The Labute approximate surface area is 134 Å². The Balaban J connectivity index is 1.95. The van der Waals surface area contributed by atoms with E-state index >= 15 is 0 Å². The number of benzene rings is 2. The predicted octanol–water partition coefficient (Wildman–Crippen LogP) is 3.93. The van der Waals surface area contributed by atoms with Gasteiger partial charge in [0.1, 0.15) is 11.3 Å². The number of fused-ring (bicyclic) bond motifs is 2. The van der Waals surface area contributed by atoms with Gasteiger partial charge in [0.25, 0.3) is 0 Å². The second-order valence-corrected chi connectivity index (χ2v) is 5.27. The number of hydrogen-bond acceptors (Lipinski definition) is 5. The zero-order valence-electron chi connectivity index (χ0n) is 12.3. The van der Waals surface area contributed by atoms with Crippen LogP contribution in [0.5, 0.6) is 0 Å². The summed E-state index contributed by atoms with van der Waals surface area (Å²) < 4.78 is 5.05. The van der Waals surface area contributed by atoms with Crippen molar-refractivity contribution in [3.05, 3.63) is 75.3 Å². The first-order valence-electron chi connectivity index (χ1n) is 7.18. The molecule has 4 rings (SSSR count). The number of aromatic nitrogens is 1. The predicted molar refractivity (Wildman–Crippen MR) is 90.7 cm³/mol. The second-order valence-electron chi connectivity index (χ2n) is 5.27. The molecule has 0 saturated carbocycles. The van der Waals surface area contributed by atoms with Gasteiger partial charge in [-0.1, -0.05) is 12.1 Å². The maximum Gasteiger partial charge on any atom is 0.417 e. The second kappa shape index (κ2) is 5.24. The summed E-state index contributed by atoms with van der Waals surface area (Å²) in [6, 6.07) is 14.1. The van der Waals surface area contributed by atoms with E-state index in [4.69, 9.17) is 4.42 Å². The number of nitrogens with one attached hydrogen (secondary N) is 2. The van der Waals surface area contributed by atoms with E-state index in [2.05, 4.69) is 10.3 Å². The van der Waals surface area contributed by atoms with Crippen LogP contribution in [0.25, 0.3) is 21.9 Å². The average Bonchev–Trinajstić information content (AvgIpc) is 3.02. The van der Waals surface area contributed by atoms with Crippen LogP contribution in [-0.2, 0) is 0 Å². The lowest BCUT2D eigenvalue weighted by Crippen LogP contribution is -2.10. The van der Waals surface area contributed by atoms with Gasteiger partial charge >= 0.3 is 11.3 Å². The van der Waals surface area contributed by atoms with Gasteiger partial charge in [-0.05, 0) is 36.4 Å². The Morgan fingerprint density at radius 1 is 1.12 bits per heavy atom. The van der Waals surface area contributed by atoms with E-state index in [-0.39, 0.29) is 5.69 Å². The minimum Gasteiger partial charge on any atom is -0.418 e. The molecule has 2 heterocycles. The maximum absolute atomic E-state index is 12.0. The number of H-pyrrole nitrogens is 1. The monoisotopic (exact) mass is 321 g/mol. The van der Waals surface area contributed by atoms with Crippen molar-refractivity contribution in [1.29, 1.82) is 0 Å². The van der Waals surface area contributed by atoms with Crippen molar-refractivity contribution in [3.63, 3.8) is 0 Å². The Bertz CT molecular complexity index is 1140. The SMILES string of the molecule is O=c1oc2ccccc2c(Nc2ccc3[nH]ccc3c2)c1[N+](=O)[O-]. The molecule has 24 heavy (non-hydrogen) atoms. The van der Waals surface area contributed by atoms with Gasteiger partial charge in [-0.3, -0.25) is 10.1 Å². The highest BCUT2D eigenvalue weighted by molar-refractivity contribution is 5.97. The summed E-state index contributed by atoms with van der Waals surface area (Å²) in [5.41, 5.74) is 0.417. The van der Waals surface area contributed by atoms with Crippen LogP contribution in [0.4, 0.5) is 17.1 Å². The number of nitrogens with zero attached hydrogens (tertiary/aromatic N) is 1. The average molecular weight is 321 g/mol. The van der Waals surface area contributed by atoms with Gasteiger partial charge in [-0.2, -0.15) is 0 Å². The number of nitro groups is 1. The fourth-order valence-corrected chi connectivity index (χ4v) is 2.71. The number of rotatable bonds is 3. The lowest BCUT2D eigenvalue weighted by Gasteiger charge is -2.09. The minimum absolute atomic E-state index is 0.127. The summed E-state index contributed by atoms with van der Waals surface area (Å²) in [4.78, 5) is 25.7. The molecule has 0 aliphatic carbocycles. The third-order valence-electron chi connectivity index (χ3n) is 3.79. The Morgan fingerprint density at radius 3 is 2.79 bits per heavy atom. The van der Waals surface area contributed by atoms with E-state index in [1.54, 1.807) is 30.3 Å². The van der Waals surface area contributed by atoms with Crippen LogP contribution in [0.15, 0.2) is 63.9 Å². The molecular formula is C17H11N3O4. The first-order valence-corrected chi connectivity index (χ1v) is 7.18. The Hall–Kier alpha value is -3.61. The third-order valence-corrected chi connectivity index (χ3v) is 3.79. The van der Waals surface area contributed by atoms with E-state index in [1.807, 2.05) is 24.4 Å². The van der Waals surface area contributed by atoms with Crippen molar-refractivity contribution in [1.82, 2.24) is 4.98 Å². The lowest BCUT2D eigenvalue weighted by molar-refractivity contribution is -0.386. The summed E-state index contributed by atoms with van der Waals surface area (Å²) in [5, 5.41) is 15.8. The van der Waals surface area contributed by atoms with Gasteiger partial charge < -0.3 is 14.7 Å². The largest absolute Gasteiger partial charge is 0.418 e. The molecule has 7 heteroatoms. The van der Waals surface area contributed by atoms with Crippen LogP contribution in [0.3, 0.4) is 0 Å². The molecule has 0 radical (unpaired) electrons. The Kier molecular flexibility index (Phi) is 3.06. The van der Waals surface area contributed by atoms with E-state index < -0.39 is 16.2 Å². The molecule has 2 N–H and O–H groups in total. The van der Waals surface area contributed by atoms with Crippen LogP contribution in [0.1, 0.15) is 0 Å². The first-order chi connectivity index (χ1) is 11.6. The molecule has 0 atom stereocenters. The highest BCUT2D eigenvalue weighted by Crippen LogP contribution is 2.33. The van der Waals surface area contributed by atoms with E-state index in [0.717, 1.165) is 10.9 Å². The maximum atomic E-state index is 12.0. The quantitative estimate of drug-likeness (QED) is 0.338. The van der Waals surface area contributed by atoms with E-state index in [1.165, 1.54) is 0 Å². The van der Waals surface area contributed by atoms with E-state index in [9.17, 15) is 14.9 Å². The van der Waals surface area contributed by atoms with Gasteiger partial charge in [-0.25, -0.2) is 4.79 Å². The van der Waals surface area contributed by atoms with Gasteiger partial charge in [0.2, 0.25) is 0 Å². The number of para-hydroxylation sites is 1. The summed E-state index contributed by atoms with van der Waals surface area (Å²) in [6.07, 6.45) is 1.81. The molecular weight excluding hydrogens is 310 g/mol. The van der Waals surface area contributed by atoms with Crippen LogP contribution in [0, 0.1) is 10.1 Å². The van der Waals surface area contributed by atoms with Crippen molar-refractivity contribution >= 4 is 38.9 Å². The topological polar surface area (TPSA) is 101 Å².